The maximum atomic E-state index is 12.2. The van der Waals surface area contributed by atoms with Crippen LogP contribution in [0.2, 0.25) is 5.02 Å². The van der Waals surface area contributed by atoms with Gasteiger partial charge in [0.25, 0.3) is 5.56 Å². The highest BCUT2D eigenvalue weighted by Gasteiger charge is 2.18. The quantitative estimate of drug-likeness (QED) is 0.875. The molecular formula is C15H25ClN4O. The molecule has 1 saturated heterocycles. The summed E-state index contributed by atoms with van der Waals surface area (Å²) in [5, 5.41) is 8.03. The Balaban J connectivity index is 2.08. The SMILES string of the molecule is CCCCn1ncc(N(C)CC2CCCCN2)c(Cl)c1=O. The first-order chi connectivity index (χ1) is 10.1. The highest BCUT2D eigenvalue weighted by atomic mass is 35.5. The molecule has 0 aromatic carbocycles. The van der Waals surface area contributed by atoms with Crippen molar-refractivity contribution in [1.82, 2.24) is 15.1 Å². The number of halogens is 1. The number of hydrogen-bond donors (Lipinski definition) is 1. The molecule has 1 atom stereocenters. The first-order valence-corrected chi connectivity index (χ1v) is 8.21. The molecule has 2 heterocycles. The average molecular weight is 313 g/mol. The highest BCUT2D eigenvalue weighted by molar-refractivity contribution is 6.33. The fraction of sp³-hybridized carbons (Fsp3) is 0.733. The van der Waals surface area contributed by atoms with Gasteiger partial charge in [0.1, 0.15) is 5.02 Å². The molecule has 2 rings (SSSR count). The van der Waals surface area contributed by atoms with Crippen molar-refractivity contribution < 1.29 is 0 Å². The van der Waals surface area contributed by atoms with E-state index in [9.17, 15) is 4.79 Å². The van der Waals surface area contributed by atoms with Crippen LogP contribution in [0.15, 0.2) is 11.0 Å². The van der Waals surface area contributed by atoms with Crippen LogP contribution in [0.5, 0.6) is 0 Å². The molecule has 1 N–H and O–H groups in total. The molecule has 0 amide bonds. The summed E-state index contributed by atoms with van der Waals surface area (Å²) < 4.78 is 1.46. The van der Waals surface area contributed by atoms with Gasteiger partial charge in [-0.15, -0.1) is 0 Å². The van der Waals surface area contributed by atoms with Gasteiger partial charge in [0.15, 0.2) is 0 Å². The normalized spacial score (nSPS) is 18.7. The molecule has 118 valence electrons. The molecule has 0 aliphatic carbocycles. The van der Waals surface area contributed by atoms with E-state index in [1.54, 1.807) is 6.20 Å². The monoisotopic (exact) mass is 312 g/mol. The maximum Gasteiger partial charge on any atom is 0.287 e. The number of rotatable bonds is 6. The van der Waals surface area contributed by atoms with Crippen LogP contribution in [0, 0.1) is 0 Å². The van der Waals surface area contributed by atoms with Crippen molar-refractivity contribution in [2.24, 2.45) is 0 Å². The lowest BCUT2D eigenvalue weighted by Crippen LogP contribution is -2.43. The van der Waals surface area contributed by atoms with Crippen molar-refractivity contribution in [3.63, 3.8) is 0 Å². The molecule has 0 radical (unpaired) electrons. The summed E-state index contributed by atoms with van der Waals surface area (Å²) in [6, 6.07) is 0.460. The maximum absolute atomic E-state index is 12.2. The zero-order valence-corrected chi connectivity index (χ0v) is 13.7. The van der Waals surface area contributed by atoms with E-state index < -0.39 is 0 Å². The van der Waals surface area contributed by atoms with E-state index in [-0.39, 0.29) is 10.6 Å². The summed E-state index contributed by atoms with van der Waals surface area (Å²) in [4.78, 5) is 14.2. The lowest BCUT2D eigenvalue weighted by Gasteiger charge is -2.29. The summed E-state index contributed by atoms with van der Waals surface area (Å²) >= 11 is 6.25. The minimum atomic E-state index is -0.189. The Morgan fingerprint density at radius 3 is 3.00 bits per heavy atom. The van der Waals surface area contributed by atoms with Gasteiger partial charge in [-0.2, -0.15) is 5.10 Å². The molecule has 1 aromatic heterocycles. The number of aromatic nitrogens is 2. The smallest absolute Gasteiger partial charge is 0.287 e. The number of unbranched alkanes of at least 4 members (excludes halogenated alkanes) is 1. The van der Waals surface area contributed by atoms with Gasteiger partial charge in [-0.3, -0.25) is 4.79 Å². The summed E-state index contributed by atoms with van der Waals surface area (Å²) in [6.45, 7) is 4.64. The van der Waals surface area contributed by atoms with Gasteiger partial charge < -0.3 is 10.2 Å². The molecule has 0 spiro atoms. The van der Waals surface area contributed by atoms with E-state index >= 15 is 0 Å². The van der Waals surface area contributed by atoms with Crippen LogP contribution in [-0.4, -0.2) is 36.0 Å². The second-order valence-corrected chi connectivity index (χ2v) is 6.13. The number of anilines is 1. The Morgan fingerprint density at radius 2 is 2.33 bits per heavy atom. The lowest BCUT2D eigenvalue weighted by atomic mass is 10.0. The van der Waals surface area contributed by atoms with Gasteiger partial charge in [0.2, 0.25) is 0 Å². The molecule has 21 heavy (non-hydrogen) atoms. The van der Waals surface area contributed by atoms with Gasteiger partial charge in [0, 0.05) is 26.2 Å². The number of hydrogen-bond acceptors (Lipinski definition) is 4. The Morgan fingerprint density at radius 1 is 1.52 bits per heavy atom. The van der Waals surface area contributed by atoms with E-state index in [1.165, 1.54) is 23.9 Å². The Hall–Kier alpha value is -1.07. The molecule has 1 fully saturated rings. The molecule has 1 aliphatic heterocycles. The first kappa shape index (κ1) is 16.3. The number of piperidine rings is 1. The highest BCUT2D eigenvalue weighted by Crippen LogP contribution is 2.21. The zero-order chi connectivity index (χ0) is 15.2. The van der Waals surface area contributed by atoms with Gasteiger partial charge in [-0.05, 0) is 25.8 Å². The van der Waals surface area contributed by atoms with Crippen molar-refractivity contribution in [3.8, 4) is 0 Å². The zero-order valence-electron chi connectivity index (χ0n) is 12.9. The number of aryl methyl sites for hydroxylation is 1. The van der Waals surface area contributed by atoms with Crippen molar-refractivity contribution in [3.05, 3.63) is 21.6 Å². The predicted octanol–water partition coefficient (Wildman–Crippen LogP) is 2.28. The van der Waals surface area contributed by atoms with Crippen molar-refractivity contribution in [1.29, 1.82) is 0 Å². The Kier molecular flexibility index (Phi) is 6.06. The standard InChI is InChI=1S/C15H25ClN4O/c1-3-4-9-20-15(21)14(16)13(10-18-20)19(2)11-12-7-5-6-8-17-12/h10,12,17H,3-9,11H2,1-2H3. The number of nitrogens with one attached hydrogen (secondary N) is 1. The van der Waals surface area contributed by atoms with Crippen LogP contribution in [0.1, 0.15) is 39.0 Å². The summed E-state index contributed by atoms with van der Waals surface area (Å²) in [6.07, 6.45) is 7.35. The molecule has 1 aliphatic rings. The van der Waals surface area contributed by atoms with E-state index in [1.807, 2.05) is 11.9 Å². The van der Waals surface area contributed by atoms with Gasteiger partial charge in [-0.1, -0.05) is 31.4 Å². The van der Waals surface area contributed by atoms with Crippen LogP contribution in [0.4, 0.5) is 5.69 Å². The lowest BCUT2D eigenvalue weighted by molar-refractivity contribution is 0.403. The van der Waals surface area contributed by atoms with Crippen molar-refractivity contribution in [2.75, 3.05) is 25.0 Å². The topological polar surface area (TPSA) is 50.2 Å². The largest absolute Gasteiger partial charge is 0.370 e. The molecule has 1 aromatic rings. The molecule has 1 unspecified atom stereocenters. The van der Waals surface area contributed by atoms with Crippen LogP contribution in [0.3, 0.4) is 0 Å². The van der Waals surface area contributed by atoms with Crippen molar-refractivity contribution in [2.45, 2.75) is 51.6 Å². The summed E-state index contributed by atoms with van der Waals surface area (Å²) in [5.74, 6) is 0. The fourth-order valence-electron chi connectivity index (χ4n) is 2.70. The first-order valence-electron chi connectivity index (χ1n) is 7.83. The van der Waals surface area contributed by atoms with E-state index in [0.717, 1.165) is 31.6 Å². The minimum Gasteiger partial charge on any atom is -0.370 e. The number of likely N-dealkylation sites (N-methyl/N-ethyl adjacent to an activating group) is 1. The van der Waals surface area contributed by atoms with Crippen LogP contribution < -0.4 is 15.8 Å². The second-order valence-electron chi connectivity index (χ2n) is 5.75. The molecule has 6 heteroatoms. The predicted molar refractivity (Wildman–Crippen MR) is 87.3 cm³/mol. The minimum absolute atomic E-state index is 0.189. The Labute approximate surface area is 131 Å². The second kappa shape index (κ2) is 7.80. The fourth-order valence-corrected chi connectivity index (χ4v) is 2.99. The van der Waals surface area contributed by atoms with Crippen LogP contribution in [-0.2, 0) is 6.54 Å². The third kappa shape index (κ3) is 4.20. The van der Waals surface area contributed by atoms with E-state index in [4.69, 9.17) is 11.6 Å². The van der Waals surface area contributed by atoms with E-state index in [0.29, 0.717) is 12.6 Å². The Bertz CT molecular complexity index is 511. The van der Waals surface area contributed by atoms with Crippen LogP contribution in [0.25, 0.3) is 0 Å². The number of nitrogens with zero attached hydrogens (tertiary/aromatic N) is 3. The molecular weight excluding hydrogens is 288 g/mol. The molecule has 5 nitrogen and oxygen atoms in total. The third-order valence-corrected chi connectivity index (χ3v) is 4.36. The van der Waals surface area contributed by atoms with Gasteiger partial charge in [0.05, 0.1) is 11.9 Å². The van der Waals surface area contributed by atoms with Gasteiger partial charge >= 0.3 is 0 Å². The van der Waals surface area contributed by atoms with E-state index in [2.05, 4.69) is 17.3 Å². The summed E-state index contributed by atoms with van der Waals surface area (Å²) in [7, 11) is 1.97. The third-order valence-electron chi connectivity index (χ3n) is 4.01. The van der Waals surface area contributed by atoms with Crippen LogP contribution >= 0.6 is 11.6 Å². The molecule has 0 bridgehead atoms. The molecule has 0 saturated carbocycles. The average Bonchev–Trinajstić information content (AvgIpc) is 2.49. The van der Waals surface area contributed by atoms with Crippen molar-refractivity contribution >= 4 is 17.3 Å². The van der Waals surface area contributed by atoms with Gasteiger partial charge in [-0.25, -0.2) is 4.68 Å². The summed E-state index contributed by atoms with van der Waals surface area (Å²) in [5.41, 5.74) is 0.535.